The molecule has 0 unspecified atom stereocenters. The van der Waals surface area contributed by atoms with Gasteiger partial charge in [-0.3, -0.25) is 0 Å². The van der Waals surface area contributed by atoms with E-state index >= 15 is 0 Å². The van der Waals surface area contributed by atoms with Crippen LogP contribution in [0.5, 0.6) is 0 Å². The van der Waals surface area contributed by atoms with Gasteiger partial charge in [-0.2, -0.15) is 0 Å². The number of hydrogen-bond donors (Lipinski definition) is 2. The minimum absolute atomic E-state index is 0.913. The van der Waals surface area contributed by atoms with Crippen LogP contribution >= 0.6 is 7.59 Å². The Kier molecular flexibility index (Phi) is 2.42. The van der Waals surface area contributed by atoms with Crippen LogP contribution in [0.25, 0.3) is 0 Å². The van der Waals surface area contributed by atoms with Crippen molar-refractivity contribution in [3.05, 3.63) is 60.7 Å². The number of anilines is 2. The normalized spacial score (nSPS) is 23.2. The van der Waals surface area contributed by atoms with E-state index in [1.165, 1.54) is 0 Å². The molecular weight excluding hydrogens is 278 g/mol. The molecule has 5 rings (SSSR count). The summed E-state index contributed by atoms with van der Waals surface area (Å²) in [6, 6.07) is 19.6. The number of nitrogens with one attached hydrogen (secondary N) is 2. The first-order valence-corrected chi connectivity index (χ1v) is 9.43. The van der Waals surface area contributed by atoms with Gasteiger partial charge in [-0.15, -0.1) is 0 Å². The summed E-state index contributed by atoms with van der Waals surface area (Å²) in [4.78, 5) is 0. The summed E-state index contributed by atoms with van der Waals surface area (Å²) >= 11 is -1.81. The van der Waals surface area contributed by atoms with Gasteiger partial charge in [-0.25, -0.2) is 0 Å². The van der Waals surface area contributed by atoms with E-state index in [1.807, 2.05) is 60.7 Å². The molecule has 0 radical (unpaired) electrons. The van der Waals surface area contributed by atoms with E-state index in [4.69, 9.17) is 10.7 Å². The van der Waals surface area contributed by atoms with Crippen molar-refractivity contribution in [3.8, 4) is 0 Å². The molecule has 2 N–H and O–H groups in total. The number of rotatable bonds is 4. The molecule has 3 fully saturated rings. The monoisotopic (exact) mass is 290 g/mol. The third-order valence-corrected chi connectivity index (χ3v) is 11.0. The van der Waals surface area contributed by atoms with Crippen LogP contribution in [-0.2, 0) is 10.7 Å². The maximum atomic E-state index is 5.81. The molecule has 5 nitrogen and oxygen atoms in total. The summed E-state index contributed by atoms with van der Waals surface area (Å²) in [6.07, 6.45) is 0. The number of para-hydroxylation sites is 2. The Bertz CT molecular complexity index is 548. The number of benzene rings is 2. The van der Waals surface area contributed by atoms with Crippen molar-refractivity contribution in [3.63, 3.8) is 0 Å². The molecule has 7 heteroatoms. The van der Waals surface area contributed by atoms with Crippen LogP contribution in [0, 0.1) is 0 Å². The zero-order valence-electron chi connectivity index (χ0n) is 10.0. The fourth-order valence-electron chi connectivity index (χ4n) is 2.15. The summed E-state index contributed by atoms with van der Waals surface area (Å²) in [7, 11) is -3.30. The Morgan fingerprint density at radius 2 is 1.11 bits per heavy atom. The van der Waals surface area contributed by atoms with E-state index in [9.17, 15) is 0 Å². The molecule has 2 aromatic carbocycles. The topological polar surface area (TPSA) is 51.8 Å². The minimum atomic E-state index is -3.30. The first kappa shape index (κ1) is 11.7. The standard InChI is InChI=1S/C12H12N2O3P.Al/c15-18(16,17,13-11-7-3-1-4-8-11)14-12-9-5-2-6-10-12;/h1-10,13-14H;/q-3;+3. The van der Waals surface area contributed by atoms with E-state index in [2.05, 4.69) is 10.2 Å². The molecule has 3 aliphatic heterocycles. The van der Waals surface area contributed by atoms with Crippen molar-refractivity contribution in [2.75, 3.05) is 10.2 Å². The van der Waals surface area contributed by atoms with Gasteiger partial charge in [0.05, 0.1) is 0 Å². The van der Waals surface area contributed by atoms with Gasteiger partial charge in [0.25, 0.3) is 0 Å². The summed E-state index contributed by atoms with van der Waals surface area (Å²) in [5.41, 5.74) is 1.83. The Labute approximate surface area is 116 Å². The second kappa shape index (κ2) is 3.94. The van der Waals surface area contributed by atoms with Gasteiger partial charge in [0, 0.05) is 0 Å². The van der Waals surface area contributed by atoms with E-state index in [0.29, 0.717) is 0 Å². The molecule has 3 heterocycles. The van der Waals surface area contributed by atoms with Gasteiger partial charge in [0.15, 0.2) is 0 Å². The van der Waals surface area contributed by atoms with Crippen molar-refractivity contribution < 1.29 is 10.7 Å². The quantitative estimate of drug-likeness (QED) is 0.667. The maximum absolute atomic E-state index is 5.81. The van der Waals surface area contributed by atoms with Gasteiger partial charge in [0.1, 0.15) is 0 Å². The summed E-state index contributed by atoms with van der Waals surface area (Å²) in [6.45, 7) is 0. The van der Waals surface area contributed by atoms with E-state index in [-0.39, 0.29) is 0 Å². The Balaban J connectivity index is 1.62. The van der Waals surface area contributed by atoms with Crippen LogP contribution in [0.3, 0.4) is 0 Å². The molecule has 19 heavy (non-hydrogen) atoms. The molecule has 0 aromatic heterocycles. The number of hydrogen-bond acceptors (Lipinski definition) is 5. The third-order valence-electron chi connectivity index (χ3n) is 3.02. The van der Waals surface area contributed by atoms with Gasteiger partial charge in [-0.1, -0.05) is 0 Å². The van der Waals surface area contributed by atoms with Crippen LogP contribution in [0.15, 0.2) is 60.7 Å². The SMILES string of the molecule is c1ccc(NP23(Nc4ccccc4)[O][Al]([O]2)[O]3)cc1. The molecule has 96 valence electrons. The second-order valence-electron chi connectivity index (χ2n) is 4.44. The Morgan fingerprint density at radius 1 is 0.684 bits per heavy atom. The fourth-order valence-corrected chi connectivity index (χ4v) is 8.60. The summed E-state index contributed by atoms with van der Waals surface area (Å²) < 4.78 is 17.4. The van der Waals surface area contributed by atoms with Crippen LogP contribution < -0.4 is 10.2 Å². The third kappa shape index (κ3) is 1.86. The zero-order valence-corrected chi connectivity index (χ0v) is 12.1. The predicted molar refractivity (Wildman–Crippen MR) is 76.1 cm³/mol. The van der Waals surface area contributed by atoms with Gasteiger partial charge >= 0.3 is 116 Å². The van der Waals surface area contributed by atoms with Crippen molar-refractivity contribution in [1.82, 2.24) is 0 Å². The molecule has 0 atom stereocenters. The molecule has 0 aliphatic carbocycles. The van der Waals surface area contributed by atoms with Crippen LogP contribution in [0.2, 0.25) is 0 Å². The fraction of sp³-hybridized carbons (Fsp3) is 0. The average Bonchev–Trinajstić information content (AvgIpc) is 2.37. The Hall–Kier alpha value is -1.12. The predicted octanol–water partition coefficient (Wildman–Crippen LogP) is 3.40. The van der Waals surface area contributed by atoms with Crippen molar-refractivity contribution >= 4 is 34.1 Å². The van der Waals surface area contributed by atoms with E-state index in [0.717, 1.165) is 11.4 Å². The second-order valence-corrected chi connectivity index (χ2v) is 9.76. The zero-order chi connectivity index (χ0) is 12.8. The van der Waals surface area contributed by atoms with E-state index < -0.39 is 22.7 Å². The van der Waals surface area contributed by atoms with Crippen LogP contribution in [0.4, 0.5) is 11.4 Å². The van der Waals surface area contributed by atoms with Crippen molar-refractivity contribution in [1.29, 1.82) is 0 Å². The molecule has 3 saturated heterocycles. The summed E-state index contributed by atoms with van der Waals surface area (Å²) in [5.74, 6) is 0. The van der Waals surface area contributed by atoms with Crippen LogP contribution in [-0.4, -0.2) is 15.1 Å². The summed E-state index contributed by atoms with van der Waals surface area (Å²) in [5, 5.41) is 6.54. The van der Waals surface area contributed by atoms with Crippen LogP contribution in [0.1, 0.15) is 0 Å². The molecule has 0 saturated carbocycles. The molecule has 0 amide bonds. The van der Waals surface area contributed by atoms with Gasteiger partial charge in [0.2, 0.25) is 0 Å². The van der Waals surface area contributed by atoms with Gasteiger partial charge < -0.3 is 0 Å². The van der Waals surface area contributed by atoms with Crippen molar-refractivity contribution in [2.45, 2.75) is 0 Å². The molecular formula is C12H12AlN2O3P. The first-order chi connectivity index (χ1) is 9.26. The molecule has 2 bridgehead atoms. The van der Waals surface area contributed by atoms with E-state index in [1.54, 1.807) is 0 Å². The molecule has 2 aromatic rings. The molecule has 3 aliphatic rings. The Morgan fingerprint density at radius 3 is 1.42 bits per heavy atom. The van der Waals surface area contributed by atoms with Crippen molar-refractivity contribution in [2.24, 2.45) is 0 Å². The molecule has 0 spiro atoms. The van der Waals surface area contributed by atoms with Gasteiger partial charge in [-0.05, 0) is 0 Å². The average molecular weight is 290 g/mol. The first-order valence-electron chi connectivity index (χ1n) is 6.02.